The van der Waals surface area contributed by atoms with Gasteiger partial charge in [0.05, 0.1) is 11.1 Å². The van der Waals surface area contributed by atoms with Crippen molar-refractivity contribution in [3.8, 4) is 11.5 Å². The first-order valence-electron chi connectivity index (χ1n) is 8.52. The monoisotopic (exact) mass is 388 g/mol. The fraction of sp³-hybridized carbons (Fsp3) is 0. The van der Waals surface area contributed by atoms with E-state index in [1.807, 2.05) is 0 Å². The Hall–Kier alpha value is -4.26. The Bertz CT molecular complexity index is 1080. The number of carbonyl (C=O) groups excluding carboxylic acids is 4. The Morgan fingerprint density at radius 1 is 0.448 bits per heavy atom. The Morgan fingerprint density at radius 3 is 1.38 bits per heavy atom. The topological polar surface area (TPSA) is 96.0 Å². The van der Waals surface area contributed by atoms with Crippen LogP contribution in [0, 0.1) is 0 Å². The highest BCUT2D eigenvalue weighted by Gasteiger charge is 2.24. The lowest BCUT2D eigenvalue weighted by Crippen LogP contribution is -2.19. The molecule has 7 nitrogen and oxygen atoms in total. The zero-order valence-corrected chi connectivity index (χ0v) is 14.8. The van der Waals surface area contributed by atoms with Gasteiger partial charge < -0.3 is 14.2 Å². The molecular weight excluding hydrogens is 376 g/mol. The number of benzene rings is 3. The van der Waals surface area contributed by atoms with Crippen LogP contribution in [0.25, 0.3) is 0 Å². The first-order valence-corrected chi connectivity index (χ1v) is 8.52. The third-order valence-electron chi connectivity index (χ3n) is 4.14. The number of hydrogen-bond acceptors (Lipinski definition) is 7. The van der Waals surface area contributed by atoms with Crippen LogP contribution >= 0.6 is 0 Å². The maximum Gasteiger partial charge on any atom is 0.349 e. The van der Waals surface area contributed by atoms with Gasteiger partial charge in [0.25, 0.3) is 0 Å². The molecule has 0 atom stereocenters. The number of cyclic esters (lactones) is 2. The van der Waals surface area contributed by atoms with Gasteiger partial charge in [-0.15, -0.1) is 0 Å². The summed E-state index contributed by atoms with van der Waals surface area (Å²) < 4.78 is 15.5. The SMILES string of the molecule is O=C1Oc2ccccc2C(=O)OC(=O)c2ccccc2OC(=O)c2cccc1c2. The summed E-state index contributed by atoms with van der Waals surface area (Å²) in [5.74, 6) is -3.75. The molecule has 142 valence electrons. The summed E-state index contributed by atoms with van der Waals surface area (Å²) in [6, 6.07) is 17.5. The van der Waals surface area contributed by atoms with Crippen molar-refractivity contribution in [1.29, 1.82) is 0 Å². The van der Waals surface area contributed by atoms with Crippen LogP contribution in [0.5, 0.6) is 11.5 Å². The van der Waals surface area contributed by atoms with E-state index in [4.69, 9.17) is 14.2 Å². The van der Waals surface area contributed by atoms with E-state index in [-0.39, 0.29) is 33.8 Å². The fourth-order valence-electron chi connectivity index (χ4n) is 2.73. The van der Waals surface area contributed by atoms with Crippen molar-refractivity contribution in [1.82, 2.24) is 0 Å². The number of rotatable bonds is 0. The zero-order chi connectivity index (χ0) is 20.4. The van der Waals surface area contributed by atoms with Crippen molar-refractivity contribution < 1.29 is 33.4 Å². The van der Waals surface area contributed by atoms with Crippen molar-refractivity contribution >= 4 is 23.9 Å². The molecule has 7 heteroatoms. The van der Waals surface area contributed by atoms with Gasteiger partial charge in [0.1, 0.15) is 22.6 Å². The first-order chi connectivity index (χ1) is 14.0. The lowest BCUT2D eigenvalue weighted by atomic mass is 10.1. The third-order valence-corrected chi connectivity index (χ3v) is 4.14. The molecule has 0 fully saturated rings. The molecule has 0 aromatic heterocycles. The predicted octanol–water partition coefficient (Wildman–Crippen LogP) is 3.44. The standard InChI is InChI=1S/C22H12O7/c23-19-13-6-5-7-14(12-13)20(24)28-18-11-4-2-9-16(18)22(26)29-21(25)15-8-1-3-10-17(15)27-19/h1-12H. The molecule has 2 bridgehead atoms. The minimum absolute atomic E-state index is 0.0753. The van der Waals surface area contributed by atoms with Crippen LogP contribution in [0.15, 0.2) is 72.8 Å². The van der Waals surface area contributed by atoms with Crippen molar-refractivity contribution in [2.24, 2.45) is 0 Å². The summed E-state index contributed by atoms with van der Waals surface area (Å²) >= 11 is 0. The smallest absolute Gasteiger partial charge is 0.349 e. The van der Waals surface area contributed by atoms with Crippen LogP contribution in [0.4, 0.5) is 0 Å². The molecule has 0 amide bonds. The van der Waals surface area contributed by atoms with E-state index in [0.717, 1.165) is 0 Å². The fourth-order valence-corrected chi connectivity index (χ4v) is 2.73. The third kappa shape index (κ3) is 3.61. The Kier molecular flexibility index (Phi) is 4.62. The number of carbonyl (C=O) groups is 4. The predicted molar refractivity (Wildman–Crippen MR) is 99.0 cm³/mol. The van der Waals surface area contributed by atoms with E-state index in [9.17, 15) is 19.2 Å². The summed E-state index contributed by atoms with van der Waals surface area (Å²) in [5.41, 5.74) is -0.0261. The Balaban J connectivity index is 1.86. The number of para-hydroxylation sites is 2. The maximum absolute atomic E-state index is 12.5. The van der Waals surface area contributed by atoms with Crippen LogP contribution in [0.2, 0.25) is 0 Å². The van der Waals surface area contributed by atoms with Crippen LogP contribution in [0.3, 0.4) is 0 Å². The number of fused-ring (bicyclic) bond motifs is 4. The average molecular weight is 388 g/mol. The van der Waals surface area contributed by atoms with Gasteiger partial charge in [-0.25, -0.2) is 19.2 Å². The highest BCUT2D eigenvalue weighted by molar-refractivity contribution is 6.06. The van der Waals surface area contributed by atoms with E-state index < -0.39 is 23.9 Å². The quantitative estimate of drug-likeness (QED) is 0.331. The van der Waals surface area contributed by atoms with Crippen molar-refractivity contribution in [3.05, 3.63) is 95.1 Å². The summed E-state index contributed by atoms with van der Waals surface area (Å²) in [5, 5.41) is 0. The molecule has 1 aliphatic rings. The highest BCUT2D eigenvalue weighted by Crippen LogP contribution is 2.25. The maximum atomic E-state index is 12.5. The number of ether oxygens (including phenoxy) is 3. The molecule has 0 saturated heterocycles. The highest BCUT2D eigenvalue weighted by atomic mass is 16.6. The molecule has 1 aliphatic heterocycles. The molecule has 0 unspecified atom stereocenters. The molecule has 0 spiro atoms. The minimum atomic E-state index is -1.01. The number of esters is 4. The van der Waals surface area contributed by atoms with Gasteiger partial charge in [-0.3, -0.25) is 0 Å². The van der Waals surface area contributed by atoms with Crippen molar-refractivity contribution in [3.63, 3.8) is 0 Å². The Labute approximate surface area is 164 Å². The lowest BCUT2D eigenvalue weighted by molar-refractivity contribution is 0.0394. The normalized spacial score (nSPS) is 13.9. The van der Waals surface area contributed by atoms with Gasteiger partial charge in [0, 0.05) is 0 Å². The van der Waals surface area contributed by atoms with E-state index in [2.05, 4.69) is 0 Å². The molecule has 0 radical (unpaired) electrons. The second kappa shape index (κ2) is 7.40. The summed E-state index contributed by atoms with van der Waals surface area (Å²) in [7, 11) is 0. The van der Waals surface area contributed by atoms with Crippen molar-refractivity contribution in [2.75, 3.05) is 0 Å². The number of hydrogen-bond donors (Lipinski definition) is 0. The molecule has 0 aliphatic carbocycles. The molecule has 0 N–H and O–H groups in total. The second-order valence-electron chi connectivity index (χ2n) is 6.03. The van der Waals surface area contributed by atoms with Gasteiger partial charge >= 0.3 is 23.9 Å². The summed E-state index contributed by atoms with van der Waals surface area (Å²) in [6.45, 7) is 0. The van der Waals surface area contributed by atoms with Gasteiger partial charge in [0.15, 0.2) is 0 Å². The molecule has 1 heterocycles. The van der Waals surface area contributed by atoms with E-state index in [0.29, 0.717) is 0 Å². The zero-order valence-electron chi connectivity index (χ0n) is 14.8. The first kappa shape index (κ1) is 18.1. The molecule has 29 heavy (non-hydrogen) atoms. The van der Waals surface area contributed by atoms with Gasteiger partial charge in [-0.05, 0) is 42.5 Å². The van der Waals surface area contributed by atoms with Crippen LogP contribution in [-0.2, 0) is 4.74 Å². The minimum Gasteiger partial charge on any atom is -0.422 e. The molecule has 4 rings (SSSR count). The van der Waals surface area contributed by atoms with E-state index in [1.165, 1.54) is 60.7 Å². The van der Waals surface area contributed by atoms with Crippen LogP contribution < -0.4 is 9.47 Å². The Morgan fingerprint density at radius 2 is 0.897 bits per heavy atom. The summed E-state index contributed by atoms with van der Waals surface area (Å²) in [4.78, 5) is 50.0. The van der Waals surface area contributed by atoms with Gasteiger partial charge in [-0.1, -0.05) is 30.3 Å². The van der Waals surface area contributed by atoms with Gasteiger partial charge in [0.2, 0.25) is 0 Å². The second-order valence-corrected chi connectivity index (χ2v) is 6.03. The average Bonchev–Trinajstić information content (AvgIpc) is 2.74. The molecule has 3 aromatic carbocycles. The van der Waals surface area contributed by atoms with Crippen molar-refractivity contribution in [2.45, 2.75) is 0 Å². The molecular formula is C22H12O7. The van der Waals surface area contributed by atoms with Crippen LogP contribution in [0.1, 0.15) is 41.4 Å². The lowest BCUT2D eigenvalue weighted by Gasteiger charge is -2.13. The molecule has 3 aromatic rings. The van der Waals surface area contributed by atoms with Crippen LogP contribution in [-0.4, -0.2) is 23.9 Å². The molecule has 0 saturated carbocycles. The van der Waals surface area contributed by atoms with E-state index >= 15 is 0 Å². The largest absolute Gasteiger partial charge is 0.422 e. The van der Waals surface area contributed by atoms with Gasteiger partial charge in [-0.2, -0.15) is 0 Å². The summed E-state index contributed by atoms with van der Waals surface area (Å²) in [6.07, 6.45) is 0. The van der Waals surface area contributed by atoms with E-state index in [1.54, 1.807) is 12.1 Å².